The Bertz CT molecular complexity index is 717. The van der Waals surface area contributed by atoms with Crippen molar-refractivity contribution in [1.82, 2.24) is 9.80 Å². The Labute approximate surface area is 167 Å². The van der Waals surface area contributed by atoms with Crippen molar-refractivity contribution >= 4 is 33.2 Å². The molecule has 4 nitrogen and oxygen atoms in total. The van der Waals surface area contributed by atoms with Gasteiger partial charge in [0.15, 0.2) is 0 Å². The van der Waals surface area contributed by atoms with Crippen LogP contribution in [0.1, 0.15) is 23.3 Å². The normalized spacial score (nSPS) is 15.7. The Balaban J connectivity index is 1.46. The molecule has 0 radical (unpaired) electrons. The van der Waals surface area contributed by atoms with Crippen LogP contribution in [0.2, 0.25) is 0 Å². The van der Waals surface area contributed by atoms with Gasteiger partial charge in [0.2, 0.25) is 5.91 Å². The number of thiophene rings is 1. The molecule has 0 saturated carbocycles. The fourth-order valence-corrected chi connectivity index (χ4v) is 4.76. The summed E-state index contributed by atoms with van der Waals surface area (Å²) in [6.45, 7) is 4.67. The predicted molar refractivity (Wildman–Crippen MR) is 110 cm³/mol. The third-order valence-corrected chi connectivity index (χ3v) is 6.34. The number of nitrogens with zero attached hydrogens (tertiary/aromatic N) is 2. The summed E-state index contributed by atoms with van der Waals surface area (Å²) in [5, 5.41) is 0. The Morgan fingerprint density at radius 3 is 2.62 bits per heavy atom. The standard InChI is InChI=1S/C20H25BrN2O2S/c1-25-17-6-3-16(4-7-17)5-10-20(24)23-12-2-11-22(13-14-23)15-18-8-9-19(21)26-18/h3-4,6-9H,2,5,10-15H2,1H3. The maximum atomic E-state index is 12.6. The van der Waals surface area contributed by atoms with E-state index in [2.05, 4.69) is 33.0 Å². The first kappa shape index (κ1) is 19.4. The summed E-state index contributed by atoms with van der Waals surface area (Å²) in [7, 11) is 1.67. The van der Waals surface area contributed by atoms with E-state index in [9.17, 15) is 4.79 Å². The largest absolute Gasteiger partial charge is 0.497 e. The molecule has 1 aliphatic heterocycles. The maximum Gasteiger partial charge on any atom is 0.222 e. The molecule has 1 saturated heterocycles. The molecule has 1 aromatic heterocycles. The summed E-state index contributed by atoms with van der Waals surface area (Å²) in [5.41, 5.74) is 1.18. The van der Waals surface area contributed by atoms with Gasteiger partial charge in [0, 0.05) is 44.0 Å². The van der Waals surface area contributed by atoms with Crippen LogP contribution in [-0.4, -0.2) is 49.0 Å². The molecule has 0 aliphatic carbocycles. The molecule has 140 valence electrons. The molecule has 0 unspecified atom stereocenters. The van der Waals surface area contributed by atoms with Gasteiger partial charge < -0.3 is 9.64 Å². The van der Waals surface area contributed by atoms with Crippen LogP contribution in [0, 0.1) is 0 Å². The number of hydrogen-bond donors (Lipinski definition) is 0. The fraction of sp³-hybridized carbons (Fsp3) is 0.450. The van der Waals surface area contributed by atoms with Crippen LogP contribution in [0.15, 0.2) is 40.2 Å². The monoisotopic (exact) mass is 436 g/mol. The highest BCUT2D eigenvalue weighted by molar-refractivity contribution is 9.11. The molecule has 1 aromatic carbocycles. The van der Waals surface area contributed by atoms with Gasteiger partial charge in [0.1, 0.15) is 5.75 Å². The number of carbonyl (C=O) groups excluding carboxylic acids is 1. The lowest BCUT2D eigenvalue weighted by molar-refractivity contribution is -0.131. The van der Waals surface area contributed by atoms with Gasteiger partial charge in [-0.05, 0) is 58.6 Å². The number of ether oxygens (including phenoxy) is 1. The smallest absolute Gasteiger partial charge is 0.222 e. The molecule has 1 fully saturated rings. The zero-order valence-corrected chi connectivity index (χ0v) is 17.5. The van der Waals surface area contributed by atoms with E-state index >= 15 is 0 Å². The molecule has 26 heavy (non-hydrogen) atoms. The van der Waals surface area contributed by atoms with Gasteiger partial charge in [-0.3, -0.25) is 9.69 Å². The average Bonchev–Trinajstić information content (AvgIpc) is 2.92. The van der Waals surface area contributed by atoms with E-state index in [1.165, 1.54) is 14.2 Å². The lowest BCUT2D eigenvalue weighted by Gasteiger charge is -2.21. The fourth-order valence-electron chi connectivity index (χ4n) is 3.24. The summed E-state index contributed by atoms with van der Waals surface area (Å²) in [5.74, 6) is 1.12. The average molecular weight is 437 g/mol. The van der Waals surface area contributed by atoms with Gasteiger partial charge in [0.25, 0.3) is 0 Å². The minimum Gasteiger partial charge on any atom is -0.497 e. The maximum absolute atomic E-state index is 12.6. The molecule has 0 bridgehead atoms. The van der Waals surface area contributed by atoms with E-state index in [1.54, 1.807) is 18.4 Å². The van der Waals surface area contributed by atoms with E-state index in [0.717, 1.165) is 51.3 Å². The molecule has 2 aromatic rings. The van der Waals surface area contributed by atoms with Crippen molar-refractivity contribution in [3.63, 3.8) is 0 Å². The van der Waals surface area contributed by atoms with Crippen molar-refractivity contribution in [1.29, 1.82) is 0 Å². The summed E-state index contributed by atoms with van der Waals surface area (Å²) in [4.78, 5) is 18.5. The molecule has 1 aliphatic rings. The lowest BCUT2D eigenvalue weighted by atomic mass is 10.1. The SMILES string of the molecule is COc1ccc(CCC(=O)N2CCCN(Cc3ccc(Br)s3)CC2)cc1. The first-order valence-electron chi connectivity index (χ1n) is 9.01. The summed E-state index contributed by atoms with van der Waals surface area (Å²) < 4.78 is 6.35. The van der Waals surface area contributed by atoms with Crippen molar-refractivity contribution in [3.05, 3.63) is 50.6 Å². The number of methoxy groups -OCH3 is 1. The second-order valence-corrected chi connectivity index (χ2v) is 9.11. The Kier molecular flexibility index (Phi) is 7.11. The summed E-state index contributed by atoms with van der Waals surface area (Å²) in [6, 6.07) is 12.3. The zero-order chi connectivity index (χ0) is 18.4. The summed E-state index contributed by atoms with van der Waals surface area (Å²) >= 11 is 5.31. The Morgan fingerprint density at radius 1 is 1.12 bits per heavy atom. The highest BCUT2D eigenvalue weighted by Gasteiger charge is 2.19. The van der Waals surface area contributed by atoms with Gasteiger partial charge in [-0.25, -0.2) is 0 Å². The number of amides is 1. The van der Waals surface area contributed by atoms with Gasteiger partial charge in [0.05, 0.1) is 10.9 Å². The highest BCUT2D eigenvalue weighted by atomic mass is 79.9. The number of carbonyl (C=O) groups is 1. The van der Waals surface area contributed by atoms with Crippen LogP contribution < -0.4 is 4.74 Å². The van der Waals surface area contributed by atoms with Gasteiger partial charge in [-0.15, -0.1) is 11.3 Å². The van der Waals surface area contributed by atoms with Crippen molar-refractivity contribution in [2.45, 2.75) is 25.8 Å². The van der Waals surface area contributed by atoms with E-state index in [1.807, 2.05) is 29.2 Å². The first-order valence-corrected chi connectivity index (χ1v) is 10.6. The second kappa shape index (κ2) is 9.53. The van der Waals surface area contributed by atoms with Crippen LogP contribution in [0.3, 0.4) is 0 Å². The van der Waals surface area contributed by atoms with Gasteiger partial charge in [-0.1, -0.05) is 12.1 Å². The van der Waals surface area contributed by atoms with Crippen LogP contribution in [0.5, 0.6) is 5.75 Å². The highest BCUT2D eigenvalue weighted by Crippen LogP contribution is 2.23. The van der Waals surface area contributed by atoms with Gasteiger partial charge >= 0.3 is 0 Å². The predicted octanol–water partition coefficient (Wildman–Crippen LogP) is 4.19. The van der Waals surface area contributed by atoms with Crippen LogP contribution in [0.25, 0.3) is 0 Å². The molecule has 6 heteroatoms. The van der Waals surface area contributed by atoms with E-state index in [0.29, 0.717) is 6.42 Å². The molecule has 3 rings (SSSR count). The second-order valence-electron chi connectivity index (χ2n) is 6.56. The molecule has 0 N–H and O–H groups in total. The quantitative estimate of drug-likeness (QED) is 0.680. The van der Waals surface area contributed by atoms with Crippen molar-refractivity contribution in [2.75, 3.05) is 33.3 Å². The topological polar surface area (TPSA) is 32.8 Å². The molecule has 0 spiro atoms. The van der Waals surface area contributed by atoms with E-state index in [-0.39, 0.29) is 5.91 Å². The number of aryl methyl sites for hydroxylation is 1. The number of rotatable bonds is 6. The van der Waals surface area contributed by atoms with Crippen LogP contribution in [-0.2, 0) is 17.8 Å². The van der Waals surface area contributed by atoms with Crippen LogP contribution in [0.4, 0.5) is 0 Å². The minimum absolute atomic E-state index is 0.265. The number of halogens is 1. The van der Waals surface area contributed by atoms with Gasteiger partial charge in [-0.2, -0.15) is 0 Å². The van der Waals surface area contributed by atoms with Crippen molar-refractivity contribution in [3.8, 4) is 5.75 Å². The molecule has 2 heterocycles. The Morgan fingerprint density at radius 2 is 1.92 bits per heavy atom. The number of hydrogen-bond acceptors (Lipinski definition) is 4. The molecule has 0 atom stereocenters. The van der Waals surface area contributed by atoms with Crippen molar-refractivity contribution in [2.24, 2.45) is 0 Å². The lowest BCUT2D eigenvalue weighted by Crippen LogP contribution is -2.35. The number of benzene rings is 1. The minimum atomic E-state index is 0.265. The third-order valence-electron chi connectivity index (χ3n) is 4.74. The molecular formula is C20H25BrN2O2S. The summed E-state index contributed by atoms with van der Waals surface area (Å²) in [6.07, 6.45) is 2.40. The van der Waals surface area contributed by atoms with E-state index in [4.69, 9.17) is 4.74 Å². The third kappa shape index (κ3) is 5.56. The van der Waals surface area contributed by atoms with Crippen molar-refractivity contribution < 1.29 is 9.53 Å². The van der Waals surface area contributed by atoms with E-state index < -0.39 is 0 Å². The van der Waals surface area contributed by atoms with Crippen LogP contribution >= 0.6 is 27.3 Å². The first-order chi connectivity index (χ1) is 12.6. The Hall–Kier alpha value is -1.37. The zero-order valence-electron chi connectivity index (χ0n) is 15.1. The molecular weight excluding hydrogens is 412 g/mol. The molecule has 1 amide bonds.